The van der Waals surface area contributed by atoms with Crippen molar-refractivity contribution in [1.29, 1.82) is 0 Å². The minimum Gasteiger partial charge on any atom is -0.462 e. The smallest absolute Gasteiger partial charge is 0.462 e. The van der Waals surface area contributed by atoms with Crippen LogP contribution in [0.1, 0.15) is 375 Å². The fourth-order valence-corrected chi connectivity index (χ4v) is 12.5. The number of unbranched alkanes of at least 4 members (excludes halogenated alkanes) is 43. The van der Waals surface area contributed by atoms with E-state index in [9.17, 15) is 43.2 Å². The summed E-state index contributed by atoms with van der Waals surface area (Å²) in [4.78, 5) is 72.4. The van der Waals surface area contributed by atoms with E-state index in [1.807, 2.05) is 0 Å². The van der Waals surface area contributed by atoms with Crippen LogP contribution in [0.25, 0.3) is 0 Å². The lowest BCUT2D eigenvalue weighted by Gasteiger charge is -2.21. The number of phosphoric acid groups is 2. The molecule has 0 aromatic rings. The van der Waals surface area contributed by atoms with Crippen molar-refractivity contribution < 1.29 is 80.2 Å². The highest BCUT2D eigenvalue weighted by molar-refractivity contribution is 7.47. The third-order valence-corrected chi connectivity index (χ3v) is 19.0. The van der Waals surface area contributed by atoms with E-state index in [1.54, 1.807) is 0 Å². The number of phosphoric ester groups is 2. The first-order valence-electron chi connectivity index (χ1n) is 37.7. The van der Waals surface area contributed by atoms with E-state index in [1.165, 1.54) is 186 Å². The van der Waals surface area contributed by atoms with Gasteiger partial charge < -0.3 is 33.8 Å². The molecule has 0 aromatic carbocycles. The van der Waals surface area contributed by atoms with Gasteiger partial charge in [-0.05, 0) is 31.6 Å². The molecule has 0 spiro atoms. The minimum absolute atomic E-state index is 0.107. The number of aliphatic hydroxyl groups is 1. The maximum Gasteiger partial charge on any atom is 0.472 e. The molecule has 0 saturated carbocycles. The Morgan fingerprint density at radius 1 is 0.308 bits per heavy atom. The molecular formula is C72H140O17P2. The van der Waals surface area contributed by atoms with Crippen molar-refractivity contribution in [2.75, 3.05) is 39.6 Å². The zero-order valence-electron chi connectivity index (χ0n) is 59.0. The number of esters is 4. The summed E-state index contributed by atoms with van der Waals surface area (Å²) in [6.45, 7) is 7.28. The van der Waals surface area contributed by atoms with E-state index in [4.69, 9.17) is 37.0 Å². The summed E-state index contributed by atoms with van der Waals surface area (Å²) in [6.07, 6.45) is 52.8. The van der Waals surface area contributed by atoms with E-state index < -0.39 is 97.5 Å². The van der Waals surface area contributed by atoms with E-state index in [0.717, 1.165) is 109 Å². The Morgan fingerprint density at radius 2 is 0.527 bits per heavy atom. The first-order valence-corrected chi connectivity index (χ1v) is 40.7. The van der Waals surface area contributed by atoms with Gasteiger partial charge in [0.05, 0.1) is 26.4 Å². The maximum absolute atomic E-state index is 13.0. The average molecular weight is 1340 g/mol. The summed E-state index contributed by atoms with van der Waals surface area (Å²) in [5.74, 6) is -1.25. The number of aliphatic hydroxyl groups excluding tert-OH is 1. The molecule has 17 nitrogen and oxygen atoms in total. The van der Waals surface area contributed by atoms with Crippen LogP contribution in [0, 0.1) is 5.92 Å². The number of carbonyl (C=O) groups excluding carboxylic acids is 4. The highest BCUT2D eigenvalue weighted by atomic mass is 31.2. The van der Waals surface area contributed by atoms with Crippen LogP contribution >= 0.6 is 15.6 Å². The number of rotatable bonds is 72. The average Bonchev–Trinajstić information content (AvgIpc) is 3.72. The van der Waals surface area contributed by atoms with Gasteiger partial charge in [-0.3, -0.25) is 37.3 Å². The van der Waals surface area contributed by atoms with Crippen LogP contribution in [0.5, 0.6) is 0 Å². The lowest BCUT2D eigenvalue weighted by molar-refractivity contribution is -0.161. The minimum atomic E-state index is -4.95. The second-order valence-electron chi connectivity index (χ2n) is 26.2. The Labute approximate surface area is 556 Å². The van der Waals surface area contributed by atoms with Crippen molar-refractivity contribution in [2.45, 2.75) is 393 Å². The quantitative estimate of drug-likeness (QED) is 0.0222. The van der Waals surface area contributed by atoms with Crippen LogP contribution in [0.15, 0.2) is 0 Å². The lowest BCUT2D eigenvalue weighted by atomic mass is 9.99. The second kappa shape index (κ2) is 65.4. The summed E-state index contributed by atoms with van der Waals surface area (Å²) in [5.41, 5.74) is 0. The van der Waals surface area contributed by atoms with Crippen molar-refractivity contribution in [3.8, 4) is 0 Å². The van der Waals surface area contributed by atoms with Crippen molar-refractivity contribution in [3.05, 3.63) is 0 Å². The van der Waals surface area contributed by atoms with Gasteiger partial charge in [0.25, 0.3) is 0 Å². The highest BCUT2D eigenvalue weighted by Crippen LogP contribution is 2.45. The van der Waals surface area contributed by atoms with Gasteiger partial charge in [-0.2, -0.15) is 0 Å². The fraction of sp³-hybridized carbons (Fsp3) is 0.944. The number of hydrogen-bond acceptors (Lipinski definition) is 15. The van der Waals surface area contributed by atoms with Crippen molar-refractivity contribution in [2.24, 2.45) is 5.92 Å². The Kier molecular flexibility index (Phi) is 64.0. The van der Waals surface area contributed by atoms with Gasteiger partial charge in [0, 0.05) is 25.7 Å². The van der Waals surface area contributed by atoms with Gasteiger partial charge in [-0.15, -0.1) is 0 Å². The first kappa shape index (κ1) is 89.1. The number of carbonyl (C=O) groups is 4. The van der Waals surface area contributed by atoms with Gasteiger partial charge in [0.15, 0.2) is 12.2 Å². The molecule has 0 aliphatic heterocycles. The predicted molar refractivity (Wildman–Crippen MR) is 368 cm³/mol. The van der Waals surface area contributed by atoms with Gasteiger partial charge in [-0.1, -0.05) is 324 Å². The monoisotopic (exact) mass is 1340 g/mol. The van der Waals surface area contributed by atoms with Crippen molar-refractivity contribution >= 4 is 39.5 Å². The van der Waals surface area contributed by atoms with Crippen LogP contribution in [0.3, 0.4) is 0 Å². The molecular weight excluding hydrogens is 1200 g/mol. The highest BCUT2D eigenvalue weighted by Gasteiger charge is 2.30. The fourth-order valence-electron chi connectivity index (χ4n) is 11.0. The Bertz CT molecular complexity index is 1760. The topological polar surface area (TPSA) is 237 Å². The number of hydrogen-bond donors (Lipinski definition) is 3. The molecule has 0 aromatic heterocycles. The molecule has 0 amide bonds. The summed E-state index contributed by atoms with van der Waals surface area (Å²) in [7, 11) is -9.89. The standard InChI is InChI=1S/C72H140O17P2/c1-6-10-13-16-19-21-31-36-41-46-51-56-70(75)83-62-68(89-72(77)58-53-48-43-38-34-30-28-26-24-23-25-27-29-33-35-40-44-49-54-65(5)9-4)64-87-91(80,81)85-60-66(73)59-84-90(78,79)86-63-67(61-82-69(74)55-50-45-39-18-15-12-8-3)88-71(76)57-52-47-42-37-32-22-20-17-14-11-7-2/h65-68,73H,6-64H2,1-5H3,(H,78,79)(H,80,81)/t65?,66-,67+,68+/m0/s1. The number of ether oxygens (including phenoxy) is 4. The van der Waals surface area contributed by atoms with Crippen LogP contribution in [-0.4, -0.2) is 96.7 Å². The maximum atomic E-state index is 13.0. The van der Waals surface area contributed by atoms with E-state index >= 15 is 0 Å². The Morgan fingerprint density at radius 3 is 0.780 bits per heavy atom. The van der Waals surface area contributed by atoms with Crippen LogP contribution in [-0.2, 0) is 65.4 Å². The molecule has 0 aliphatic rings. The second-order valence-corrected chi connectivity index (χ2v) is 29.1. The molecule has 0 heterocycles. The molecule has 3 N–H and O–H groups in total. The normalized spacial score (nSPS) is 14.3. The first-order chi connectivity index (χ1) is 44.1. The molecule has 0 fully saturated rings. The summed E-state index contributed by atoms with van der Waals surface area (Å²) in [6, 6.07) is 0. The predicted octanol–water partition coefficient (Wildman–Crippen LogP) is 20.9. The van der Waals surface area contributed by atoms with Crippen LogP contribution in [0.2, 0.25) is 0 Å². The van der Waals surface area contributed by atoms with Crippen molar-refractivity contribution in [3.63, 3.8) is 0 Å². The van der Waals surface area contributed by atoms with E-state index in [2.05, 4.69) is 34.6 Å². The molecule has 0 saturated heterocycles. The zero-order chi connectivity index (χ0) is 67.0. The summed E-state index contributed by atoms with van der Waals surface area (Å²) in [5, 5.41) is 10.6. The molecule has 6 atom stereocenters. The third kappa shape index (κ3) is 65.1. The van der Waals surface area contributed by atoms with Gasteiger partial charge >= 0.3 is 39.5 Å². The molecule has 0 radical (unpaired) electrons. The molecule has 0 aliphatic carbocycles. The molecule has 0 bridgehead atoms. The molecule has 19 heteroatoms. The van der Waals surface area contributed by atoms with Crippen LogP contribution in [0.4, 0.5) is 0 Å². The van der Waals surface area contributed by atoms with E-state index in [0.29, 0.717) is 25.7 Å². The molecule has 3 unspecified atom stereocenters. The lowest BCUT2D eigenvalue weighted by Crippen LogP contribution is -2.30. The molecule has 91 heavy (non-hydrogen) atoms. The molecule has 0 rings (SSSR count). The summed E-state index contributed by atoms with van der Waals surface area (Å²) >= 11 is 0. The van der Waals surface area contributed by atoms with Gasteiger partial charge in [-0.25, -0.2) is 9.13 Å². The summed E-state index contributed by atoms with van der Waals surface area (Å²) < 4.78 is 68.2. The zero-order valence-corrected chi connectivity index (χ0v) is 60.8. The SMILES string of the molecule is CCCCCCCCCCCCCC(=O)OC[C@H](COP(=O)(O)OC[C@@H](O)COP(=O)(O)OC[C@@H](COC(=O)CCCCCCCCC)OC(=O)CCCCCCCCCCCCC)OC(=O)CCCCCCCCCCCCCCCCCCCCC(C)CC. The van der Waals surface area contributed by atoms with Crippen molar-refractivity contribution in [1.82, 2.24) is 0 Å². The van der Waals surface area contributed by atoms with Gasteiger partial charge in [0.2, 0.25) is 0 Å². The Hall–Kier alpha value is -1.94. The van der Waals surface area contributed by atoms with Crippen LogP contribution < -0.4 is 0 Å². The Balaban J connectivity index is 5.11. The van der Waals surface area contributed by atoms with E-state index in [-0.39, 0.29) is 25.7 Å². The van der Waals surface area contributed by atoms with Gasteiger partial charge in [0.1, 0.15) is 19.3 Å². The third-order valence-electron chi connectivity index (χ3n) is 17.1. The largest absolute Gasteiger partial charge is 0.472 e. The molecule has 540 valence electrons.